The van der Waals surface area contributed by atoms with Crippen LogP contribution in [0.25, 0.3) is 0 Å². The average Bonchev–Trinajstić information content (AvgIpc) is 3.00. The Hall–Kier alpha value is -3.61. The number of rotatable bonds is 4. The van der Waals surface area contributed by atoms with Gasteiger partial charge < -0.3 is 9.84 Å². The molecule has 0 spiro atoms. The number of nitrogens with zero attached hydrogens (tertiary/aromatic N) is 2. The molecule has 0 saturated heterocycles. The molecule has 1 aliphatic heterocycles. The van der Waals surface area contributed by atoms with E-state index in [9.17, 15) is 19.1 Å². The van der Waals surface area contributed by atoms with Gasteiger partial charge in [-0.25, -0.2) is 14.2 Å². The van der Waals surface area contributed by atoms with Gasteiger partial charge in [0.2, 0.25) is 0 Å². The van der Waals surface area contributed by atoms with Gasteiger partial charge in [-0.2, -0.15) is 4.99 Å². The zero-order valence-electron chi connectivity index (χ0n) is 15.3. The summed E-state index contributed by atoms with van der Waals surface area (Å²) < 4.78 is 18.9. The number of aliphatic hydroxyl groups excluding tert-OH is 1. The zero-order valence-corrected chi connectivity index (χ0v) is 15.3. The highest BCUT2D eigenvalue weighted by atomic mass is 19.1. The number of aliphatic hydroxyl groups is 1. The lowest BCUT2D eigenvalue weighted by Crippen LogP contribution is -2.18. The molecule has 6 nitrogen and oxygen atoms in total. The fourth-order valence-corrected chi connectivity index (χ4v) is 2.80. The number of carbonyl (C=O) groups is 2. The standard InChI is InChI=1S/C21H17FN2O4/c1-3-28-21(27)17(12(2)25)18-13-8-4-5-9-14(13)19(23-18)24-20(26)15-10-6-7-11-16(15)22/h4-11,25H,3H2,1-2H3/b17-12+,24-19?. The third kappa shape index (κ3) is 3.59. The number of ether oxygens (including phenoxy) is 1. The van der Waals surface area contributed by atoms with Crippen molar-refractivity contribution in [3.05, 3.63) is 82.4 Å². The molecule has 1 heterocycles. The van der Waals surface area contributed by atoms with Crippen molar-refractivity contribution in [3.63, 3.8) is 0 Å². The fraction of sp³-hybridized carbons (Fsp3) is 0.143. The van der Waals surface area contributed by atoms with E-state index in [1.54, 1.807) is 31.2 Å². The summed E-state index contributed by atoms with van der Waals surface area (Å²) in [4.78, 5) is 32.9. The summed E-state index contributed by atoms with van der Waals surface area (Å²) in [6.45, 7) is 3.11. The van der Waals surface area contributed by atoms with Gasteiger partial charge >= 0.3 is 5.97 Å². The molecule has 2 aromatic carbocycles. The van der Waals surface area contributed by atoms with Crippen LogP contribution in [0.5, 0.6) is 0 Å². The van der Waals surface area contributed by atoms with Crippen LogP contribution in [0.1, 0.15) is 35.3 Å². The number of amidine groups is 1. The fourth-order valence-electron chi connectivity index (χ4n) is 2.80. The second kappa shape index (κ2) is 7.96. The Kier molecular flexibility index (Phi) is 5.44. The molecule has 0 aromatic heterocycles. The lowest BCUT2D eigenvalue weighted by atomic mass is 9.99. The first kappa shape index (κ1) is 19.2. The van der Waals surface area contributed by atoms with Gasteiger partial charge in [0.1, 0.15) is 17.1 Å². The Balaban J connectivity index is 2.11. The van der Waals surface area contributed by atoms with E-state index < -0.39 is 17.7 Å². The minimum Gasteiger partial charge on any atom is -0.512 e. The SMILES string of the molecule is CCOC(=O)/C(C1=NC(=NC(=O)c2ccccc2F)c2ccccc21)=C(\C)O. The molecule has 0 atom stereocenters. The third-order valence-corrected chi connectivity index (χ3v) is 4.03. The predicted molar refractivity (Wildman–Crippen MR) is 102 cm³/mol. The maximum atomic E-state index is 13.9. The second-order valence-corrected chi connectivity index (χ2v) is 5.91. The summed E-state index contributed by atoms with van der Waals surface area (Å²) in [5, 5.41) is 10.0. The summed E-state index contributed by atoms with van der Waals surface area (Å²) in [6, 6.07) is 12.3. The van der Waals surface area contributed by atoms with Gasteiger partial charge in [-0.1, -0.05) is 36.4 Å². The van der Waals surface area contributed by atoms with Crippen LogP contribution in [0.4, 0.5) is 4.39 Å². The van der Waals surface area contributed by atoms with Crippen LogP contribution in [-0.4, -0.2) is 35.1 Å². The van der Waals surface area contributed by atoms with Crippen molar-refractivity contribution in [2.45, 2.75) is 13.8 Å². The highest BCUT2D eigenvalue weighted by Crippen LogP contribution is 2.26. The molecule has 28 heavy (non-hydrogen) atoms. The number of fused-ring (bicyclic) bond motifs is 1. The molecule has 1 aliphatic rings. The molecule has 0 unspecified atom stereocenters. The number of hydrogen-bond acceptors (Lipinski definition) is 4. The molecular formula is C21H17FN2O4. The first-order valence-corrected chi connectivity index (χ1v) is 8.57. The van der Waals surface area contributed by atoms with E-state index in [0.29, 0.717) is 11.1 Å². The van der Waals surface area contributed by atoms with Crippen LogP contribution in [-0.2, 0) is 9.53 Å². The van der Waals surface area contributed by atoms with Crippen molar-refractivity contribution >= 4 is 23.4 Å². The molecule has 2 aromatic rings. The molecule has 0 saturated carbocycles. The highest BCUT2D eigenvalue weighted by molar-refractivity contribution is 6.36. The minimum atomic E-state index is -0.796. The maximum absolute atomic E-state index is 13.9. The maximum Gasteiger partial charge on any atom is 0.343 e. The second-order valence-electron chi connectivity index (χ2n) is 5.91. The van der Waals surface area contributed by atoms with Gasteiger partial charge in [0.05, 0.1) is 17.9 Å². The van der Waals surface area contributed by atoms with E-state index in [4.69, 9.17) is 4.74 Å². The van der Waals surface area contributed by atoms with Gasteiger partial charge in [-0.15, -0.1) is 0 Å². The van der Waals surface area contributed by atoms with Crippen LogP contribution in [0, 0.1) is 5.82 Å². The largest absolute Gasteiger partial charge is 0.512 e. The first-order chi connectivity index (χ1) is 13.4. The lowest BCUT2D eigenvalue weighted by molar-refractivity contribution is -0.138. The molecule has 1 N–H and O–H groups in total. The van der Waals surface area contributed by atoms with Gasteiger partial charge in [-0.05, 0) is 26.0 Å². The Labute approximate surface area is 160 Å². The predicted octanol–water partition coefficient (Wildman–Crippen LogP) is 3.61. The summed E-state index contributed by atoms with van der Waals surface area (Å²) in [7, 11) is 0. The van der Waals surface area contributed by atoms with E-state index in [1.165, 1.54) is 31.2 Å². The number of aliphatic imine (C=N–C) groups is 2. The third-order valence-electron chi connectivity index (χ3n) is 4.03. The van der Waals surface area contributed by atoms with Gasteiger partial charge in [0, 0.05) is 11.1 Å². The van der Waals surface area contributed by atoms with E-state index in [0.717, 1.165) is 0 Å². The van der Waals surface area contributed by atoms with Crippen LogP contribution in [0.15, 0.2) is 69.8 Å². The lowest BCUT2D eigenvalue weighted by Gasteiger charge is -2.08. The van der Waals surface area contributed by atoms with Crippen LogP contribution >= 0.6 is 0 Å². The molecule has 0 aliphatic carbocycles. The zero-order chi connectivity index (χ0) is 20.3. The van der Waals surface area contributed by atoms with Crippen molar-refractivity contribution in [3.8, 4) is 0 Å². The normalized spacial score (nSPS) is 15.0. The first-order valence-electron chi connectivity index (χ1n) is 8.57. The monoisotopic (exact) mass is 380 g/mol. The minimum absolute atomic E-state index is 0.0295. The molecule has 142 valence electrons. The van der Waals surface area contributed by atoms with E-state index in [-0.39, 0.29) is 35.0 Å². The Bertz CT molecular complexity index is 1050. The number of hydrogen-bond donors (Lipinski definition) is 1. The van der Waals surface area contributed by atoms with Crippen molar-refractivity contribution in [1.29, 1.82) is 0 Å². The molecule has 0 fully saturated rings. The van der Waals surface area contributed by atoms with Gasteiger partial charge in [-0.3, -0.25) is 4.79 Å². The molecule has 1 amide bonds. The van der Waals surface area contributed by atoms with E-state index in [1.807, 2.05) is 0 Å². The van der Waals surface area contributed by atoms with Crippen LogP contribution < -0.4 is 0 Å². The number of carbonyl (C=O) groups excluding carboxylic acids is 2. The van der Waals surface area contributed by atoms with Gasteiger partial charge in [0.15, 0.2) is 5.84 Å². The number of amides is 1. The van der Waals surface area contributed by atoms with Crippen molar-refractivity contribution in [2.75, 3.05) is 6.61 Å². The van der Waals surface area contributed by atoms with Crippen molar-refractivity contribution in [1.82, 2.24) is 0 Å². The highest BCUT2D eigenvalue weighted by Gasteiger charge is 2.30. The summed E-state index contributed by atoms with van der Waals surface area (Å²) in [5.41, 5.74) is 0.854. The van der Waals surface area contributed by atoms with Crippen LogP contribution in [0.3, 0.4) is 0 Å². The number of halogens is 1. The number of esters is 1. The van der Waals surface area contributed by atoms with E-state index in [2.05, 4.69) is 9.98 Å². The molecule has 7 heteroatoms. The van der Waals surface area contributed by atoms with Crippen molar-refractivity contribution < 1.29 is 23.8 Å². The Morgan fingerprint density at radius 2 is 1.75 bits per heavy atom. The summed E-state index contributed by atoms with van der Waals surface area (Å²) in [5.74, 6) is -2.46. The molecular weight excluding hydrogens is 363 g/mol. The number of benzene rings is 2. The quantitative estimate of drug-likeness (QED) is 0.499. The Morgan fingerprint density at radius 3 is 2.39 bits per heavy atom. The molecule has 3 rings (SSSR count). The van der Waals surface area contributed by atoms with Crippen LogP contribution in [0.2, 0.25) is 0 Å². The Morgan fingerprint density at radius 1 is 1.11 bits per heavy atom. The number of allylic oxidation sites excluding steroid dienone is 1. The summed E-state index contributed by atoms with van der Waals surface area (Å²) >= 11 is 0. The topological polar surface area (TPSA) is 88.3 Å². The molecule has 0 radical (unpaired) electrons. The van der Waals surface area contributed by atoms with Crippen molar-refractivity contribution in [2.24, 2.45) is 9.98 Å². The smallest absolute Gasteiger partial charge is 0.343 e. The summed E-state index contributed by atoms with van der Waals surface area (Å²) in [6.07, 6.45) is 0. The molecule has 0 bridgehead atoms. The average molecular weight is 380 g/mol. The van der Waals surface area contributed by atoms with Gasteiger partial charge in [0.25, 0.3) is 5.91 Å². The van der Waals surface area contributed by atoms with E-state index >= 15 is 0 Å².